The Morgan fingerprint density at radius 3 is 3.00 bits per heavy atom. The first kappa shape index (κ1) is 9.46. The van der Waals surface area contributed by atoms with Gasteiger partial charge in [0.2, 0.25) is 0 Å². The first-order valence-electron chi connectivity index (χ1n) is 5.17. The average Bonchev–Trinajstić information content (AvgIpc) is 3.00. The first-order valence-corrected chi connectivity index (χ1v) is 5.17. The van der Waals surface area contributed by atoms with E-state index in [0.29, 0.717) is 6.04 Å². The summed E-state index contributed by atoms with van der Waals surface area (Å²) in [6, 6.07) is 2.44. The van der Waals surface area contributed by atoms with Crippen LogP contribution in [0.4, 0.5) is 5.69 Å². The zero-order valence-corrected chi connectivity index (χ0v) is 8.53. The summed E-state index contributed by atoms with van der Waals surface area (Å²) in [5.74, 6) is 0.847. The van der Waals surface area contributed by atoms with Gasteiger partial charge in [0, 0.05) is 24.1 Å². The minimum atomic E-state index is 0.571. The topological polar surface area (TPSA) is 50.9 Å². The molecule has 1 aliphatic rings. The molecule has 0 aliphatic heterocycles. The number of nitrogens with zero attached hydrogens (tertiary/aromatic N) is 1. The third kappa shape index (κ3) is 2.04. The number of hydrogen-bond acceptors (Lipinski definition) is 3. The van der Waals surface area contributed by atoms with E-state index in [0.717, 1.165) is 18.0 Å². The summed E-state index contributed by atoms with van der Waals surface area (Å²) >= 11 is 0. The molecule has 14 heavy (non-hydrogen) atoms. The zero-order valence-electron chi connectivity index (χ0n) is 8.53. The number of hydrogen-bond donors (Lipinski definition) is 2. The normalized spacial score (nSPS) is 18.1. The maximum atomic E-state index is 5.88. The van der Waals surface area contributed by atoms with Gasteiger partial charge in [0.25, 0.3) is 0 Å². The SMILES string of the molecule is CNC(Cc1cnccc1N)C1CC1. The number of pyridine rings is 1. The lowest BCUT2D eigenvalue weighted by atomic mass is 10.0. The lowest BCUT2D eigenvalue weighted by Crippen LogP contribution is -2.29. The van der Waals surface area contributed by atoms with E-state index in [1.54, 1.807) is 6.20 Å². The lowest BCUT2D eigenvalue weighted by molar-refractivity contribution is 0.500. The van der Waals surface area contributed by atoms with E-state index in [4.69, 9.17) is 5.73 Å². The van der Waals surface area contributed by atoms with E-state index >= 15 is 0 Å². The summed E-state index contributed by atoms with van der Waals surface area (Å²) in [6.45, 7) is 0. The highest BCUT2D eigenvalue weighted by Gasteiger charge is 2.30. The molecule has 3 heteroatoms. The fraction of sp³-hybridized carbons (Fsp3) is 0.545. The predicted molar refractivity (Wildman–Crippen MR) is 57.9 cm³/mol. The van der Waals surface area contributed by atoms with Crippen LogP contribution < -0.4 is 11.1 Å². The molecule has 0 spiro atoms. The summed E-state index contributed by atoms with van der Waals surface area (Å²) in [6.07, 6.45) is 7.32. The molecule has 0 bridgehead atoms. The molecule has 3 N–H and O–H groups in total. The number of nitrogens with one attached hydrogen (secondary N) is 1. The third-order valence-electron chi connectivity index (χ3n) is 2.94. The highest BCUT2D eigenvalue weighted by Crippen LogP contribution is 2.34. The van der Waals surface area contributed by atoms with Crippen LogP contribution in [-0.4, -0.2) is 18.1 Å². The monoisotopic (exact) mass is 191 g/mol. The van der Waals surface area contributed by atoms with Gasteiger partial charge in [-0.1, -0.05) is 0 Å². The van der Waals surface area contributed by atoms with Crippen LogP contribution in [0.2, 0.25) is 0 Å². The minimum absolute atomic E-state index is 0.571. The van der Waals surface area contributed by atoms with Crippen LogP contribution >= 0.6 is 0 Å². The molecular formula is C11H17N3. The number of rotatable bonds is 4. The van der Waals surface area contributed by atoms with Crippen molar-refractivity contribution in [1.29, 1.82) is 0 Å². The molecule has 1 aromatic heterocycles. The largest absolute Gasteiger partial charge is 0.398 e. The van der Waals surface area contributed by atoms with E-state index < -0.39 is 0 Å². The summed E-state index contributed by atoms with van der Waals surface area (Å²) in [7, 11) is 2.02. The van der Waals surface area contributed by atoms with Gasteiger partial charge in [0.15, 0.2) is 0 Å². The van der Waals surface area contributed by atoms with Gasteiger partial charge in [-0.3, -0.25) is 4.98 Å². The van der Waals surface area contributed by atoms with Gasteiger partial charge in [-0.25, -0.2) is 0 Å². The fourth-order valence-electron chi connectivity index (χ4n) is 1.85. The Balaban J connectivity index is 2.04. The Labute approximate surface area is 84.7 Å². The summed E-state index contributed by atoms with van der Waals surface area (Å²) < 4.78 is 0. The maximum absolute atomic E-state index is 5.88. The van der Waals surface area contributed by atoms with E-state index in [1.807, 2.05) is 19.3 Å². The number of nitrogen functional groups attached to an aromatic ring is 1. The molecule has 1 aliphatic carbocycles. The second kappa shape index (κ2) is 3.96. The van der Waals surface area contributed by atoms with Crippen molar-refractivity contribution in [3.63, 3.8) is 0 Å². The van der Waals surface area contributed by atoms with Crippen LogP contribution in [0.3, 0.4) is 0 Å². The number of likely N-dealkylation sites (N-methyl/N-ethyl adjacent to an activating group) is 1. The highest BCUT2D eigenvalue weighted by molar-refractivity contribution is 5.44. The molecule has 0 aromatic carbocycles. The van der Waals surface area contributed by atoms with Gasteiger partial charge in [-0.15, -0.1) is 0 Å². The molecular weight excluding hydrogens is 174 g/mol. The molecule has 1 unspecified atom stereocenters. The van der Waals surface area contributed by atoms with Gasteiger partial charge in [-0.05, 0) is 43.9 Å². The van der Waals surface area contributed by atoms with E-state index in [9.17, 15) is 0 Å². The molecule has 76 valence electrons. The maximum Gasteiger partial charge on any atom is 0.0378 e. The van der Waals surface area contributed by atoms with E-state index in [-0.39, 0.29) is 0 Å². The standard InChI is InChI=1S/C11H17N3/c1-13-11(8-2-3-8)6-9-7-14-5-4-10(9)12/h4-5,7-8,11,13H,2-3,6H2,1H3,(H2,12,14). The Kier molecular flexibility index (Phi) is 2.68. The number of aromatic nitrogens is 1. The second-order valence-corrected chi connectivity index (χ2v) is 4.01. The predicted octanol–water partition coefficient (Wildman–Crippen LogP) is 1.20. The van der Waals surface area contributed by atoms with Gasteiger partial charge in [0.05, 0.1) is 0 Å². The van der Waals surface area contributed by atoms with E-state index in [2.05, 4.69) is 10.3 Å². The lowest BCUT2D eigenvalue weighted by Gasteiger charge is -2.15. The van der Waals surface area contributed by atoms with Crippen molar-refractivity contribution in [2.75, 3.05) is 12.8 Å². The summed E-state index contributed by atoms with van der Waals surface area (Å²) in [4.78, 5) is 4.10. The molecule has 1 saturated carbocycles. The van der Waals surface area contributed by atoms with Crippen molar-refractivity contribution in [3.8, 4) is 0 Å². The Bertz CT molecular complexity index is 307. The Morgan fingerprint density at radius 2 is 2.43 bits per heavy atom. The molecule has 2 rings (SSSR count). The van der Waals surface area contributed by atoms with Crippen LogP contribution in [0, 0.1) is 5.92 Å². The third-order valence-corrected chi connectivity index (χ3v) is 2.94. The molecule has 1 aromatic rings. The minimum Gasteiger partial charge on any atom is -0.398 e. The summed E-state index contributed by atoms with van der Waals surface area (Å²) in [5.41, 5.74) is 7.90. The van der Waals surface area contributed by atoms with Gasteiger partial charge >= 0.3 is 0 Å². The Hall–Kier alpha value is -1.09. The van der Waals surface area contributed by atoms with Crippen molar-refractivity contribution in [2.45, 2.75) is 25.3 Å². The van der Waals surface area contributed by atoms with Gasteiger partial charge in [0.1, 0.15) is 0 Å². The van der Waals surface area contributed by atoms with Gasteiger partial charge in [-0.2, -0.15) is 0 Å². The van der Waals surface area contributed by atoms with Crippen molar-refractivity contribution in [2.24, 2.45) is 5.92 Å². The van der Waals surface area contributed by atoms with E-state index in [1.165, 1.54) is 18.4 Å². The number of nitrogens with two attached hydrogens (primary N) is 1. The smallest absolute Gasteiger partial charge is 0.0378 e. The molecule has 1 fully saturated rings. The summed E-state index contributed by atoms with van der Waals surface area (Å²) in [5, 5.41) is 3.36. The highest BCUT2D eigenvalue weighted by atomic mass is 14.9. The number of anilines is 1. The molecule has 1 heterocycles. The Morgan fingerprint density at radius 1 is 1.64 bits per heavy atom. The van der Waals surface area contributed by atoms with Crippen molar-refractivity contribution in [3.05, 3.63) is 24.0 Å². The second-order valence-electron chi connectivity index (χ2n) is 4.01. The van der Waals surface area contributed by atoms with Crippen molar-refractivity contribution in [1.82, 2.24) is 10.3 Å². The van der Waals surface area contributed by atoms with Crippen LogP contribution in [0.1, 0.15) is 18.4 Å². The first-order chi connectivity index (χ1) is 6.81. The fourth-order valence-corrected chi connectivity index (χ4v) is 1.85. The van der Waals surface area contributed by atoms with Gasteiger partial charge < -0.3 is 11.1 Å². The van der Waals surface area contributed by atoms with Crippen molar-refractivity contribution >= 4 is 5.69 Å². The molecule has 0 radical (unpaired) electrons. The molecule has 0 amide bonds. The molecule has 0 saturated heterocycles. The van der Waals surface area contributed by atoms with Crippen LogP contribution in [0.15, 0.2) is 18.5 Å². The van der Waals surface area contributed by atoms with Crippen LogP contribution in [0.5, 0.6) is 0 Å². The molecule has 1 atom stereocenters. The zero-order chi connectivity index (χ0) is 9.97. The van der Waals surface area contributed by atoms with Crippen molar-refractivity contribution < 1.29 is 0 Å². The molecule has 3 nitrogen and oxygen atoms in total. The van der Waals surface area contributed by atoms with Crippen LogP contribution in [0.25, 0.3) is 0 Å². The quantitative estimate of drug-likeness (QED) is 0.752. The average molecular weight is 191 g/mol. The van der Waals surface area contributed by atoms with Crippen LogP contribution in [-0.2, 0) is 6.42 Å².